The summed E-state index contributed by atoms with van der Waals surface area (Å²) >= 11 is 0. The molecule has 0 unspecified atom stereocenters. The standard InChI is InChI=1S/C24H24N4O3/c1-17-25-11-12-27(17)15-20-4-2-3-19(13-20)14-26-24(31)21-7-5-18(6-8-21)16-28-22(29)9-10-23(28)30/h2-8,11-13H,9-10,14-16H2,1H3,(H,26,31). The van der Waals surface area contributed by atoms with Crippen LogP contribution in [0.15, 0.2) is 60.9 Å². The van der Waals surface area contributed by atoms with Crippen LogP contribution in [0.5, 0.6) is 0 Å². The molecular formula is C24H24N4O3. The van der Waals surface area contributed by atoms with E-state index in [-0.39, 0.29) is 37.1 Å². The quantitative estimate of drug-likeness (QED) is 0.601. The molecule has 0 atom stereocenters. The number of nitrogens with zero attached hydrogens (tertiary/aromatic N) is 3. The third-order valence-electron chi connectivity index (χ3n) is 5.43. The Balaban J connectivity index is 1.33. The molecule has 1 N–H and O–H groups in total. The molecular weight excluding hydrogens is 392 g/mol. The minimum Gasteiger partial charge on any atom is -0.348 e. The van der Waals surface area contributed by atoms with Crippen LogP contribution >= 0.6 is 0 Å². The molecule has 2 aromatic carbocycles. The van der Waals surface area contributed by atoms with E-state index in [2.05, 4.69) is 27.0 Å². The lowest BCUT2D eigenvalue weighted by Gasteiger charge is -2.14. The van der Waals surface area contributed by atoms with Crippen molar-refractivity contribution in [2.45, 2.75) is 39.4 Å². The van der Waals surface area contributed by atoms with Gasteiger partial charge in [-0.05, 0) is 35.7 Å². The van der Waals surface area contributed by atoms with Crippen molar-refractivity contribution in [3.05, 3.63) is 89.0 Å². The molecule has 1 saturated heterocycles. The number of amides is 3. The Kier molecular flexibility index (Phi) is 5.93. The predicted molar refractivity (Wildman–Crippen MR) is 115 cm³/mol. The lowest BCUT2D eigenvalue weighted by atomic mass is 10.1. The summed E-state index contributed by atoms with van der Waals surface area (Å²) in [7, 11) is 0. The first-order chi connectivity index (χ1) is 15.0. The van der Waals surface area contributed by atoms with E-state index in [1.165, 1.54) is 4.90 Å². The zero-order valence-electron chi connectivity index (χ0n) is 17.4. The van der Waals surface area contributed by atoms with E-state index in [0.717, 1.165) is 29.1 Å². The Hall–Kier alpha value is -3.74. The number of imidazole rings is 1. The van der Waals surface area contributed by atoms with Crippen LogP contribution < -0.4 is 5.32 Å². The molecule has 0 aliphatic carbocycles. The summed E-state index contributed by atoms with van der Waals surface area (Å²) in [6.45, 7) is 3.38. The fourth-order valence-electron chi connectivity index (χ4n) is 3.63. The van der Waals surface area contributed by atoms with Crippen molar-refractivity contribution in [1.29, 1.82) is 0 Å². The van der Waals surface area contributed by atoms with Gasteiger partial charge in [-0.1, -0.05) is 36.4 Å². The number of imide groups is 1. The minimum atomic E-state index is -0.171. The average molecular weight is 416 g/mol. The summed E-state index contributed by atoms with van der Waals surface area (Å²) in [4.78, 5) is 41.5. The number of carbonyl (C=O) groups is 3. The van der Waals surface area contributed by atoms with Gasteiger partial charge >= 0.3 is 0 Å². The maximum atomic E-state index is 12.5. The first kappa shape index (κ1) is 20.5. The highest BCUT2D eigenvalue weighted by Gasteiger charge is 2.28. The van der Waals surface area contributed by atoms with E-state index in [0.29, 0.717) is 12.1 Å². The van der Waals surface area contributed by atoms with Crippen LogP contribution in [0.25, 0.3) is 0 Å². The summed E-state index contributed by atoms with van der Waals surface area (Å²) in [5.74, 6) is 0.505. The van der Waals surface area contributed by atoms with Gasteiger partial charge in [-0.2, -0.15) is 0 Å². The third kappa shape index (κ3) is 4.88. The van der Waals surface area contributed by atoms with Crippen LogP contribution in [-0.2, 0) is 29.2 Å². The van der Waals surface area contributed by atoms with E-state index in [4.69, 9.17) is 0 Å². The minimum absolute atomic E-state index is 0.141. The maximum absolute atomic E-state index is 12.5. The molecule has 1 fully saturated rings. The molecule has 0 spiro atoms. The van der Waals surface area contributed by atoms with Crippen molar-refractivity contribution in [3.8, 4) is 0 Å². The maximum Gasteiger partial charge on any atom is 0.251 e. The number of aryl methyl sites for hydroxylation is 1. The monoisotopic (exact) mass is 416 g/mol. The highest BCUT2D eigenvalue weighted by Crippen LogP contribution is 2.16. The Labute approximate surface area is 180 Å². The van der Waals surface area contributed by atoms with Gasteiger partial charge in [-0.3, -0.25) is 19.3 Å². The number of hydrogen-bond acceptors (Lipinski definition) is 4. The van der Waals surface area contributed by atoms with Crippen LogP contribution in [0, 0.1) is 6.92 Å². The second-order valence-corrected chi connectivity index (χ2v) is 7.68. The van der Waals surface area contributed by atoms with Gasteiger partial charge < -0.3 is 9.88 Å². The van der Waals surface area contributed by atoms with Gasteiger partial charge in [0.2, 0.25) is 11.8 Å². The molecule has 31 heavy (non-hydrogen) atoms. The fourth-order valence-corrected chi connectivity index (χ4v) is 3.63. The predicted octanol–water partition coefficient (Wildman–Crippen LogP) is 2.82. The Bertz CT molecular complexity index is 1100. The molecule has 3 aromatic rings. The average Bonchev–Trinajstić information content (AvgIpc) is 3.32. The largest absolute Gasteiger partial charge is 0.348 e. The topological polar surface area (TPSA) is 84.3 Å². The van der Waals surface area contributed by atoms with Crippen molar-refractivity contribution in [3.63, 3.8) is 0 Å². The molecule has 7 heteroatoms. The molecule has 0 bridgehead atoms. The van der Waals surface area contributed by atoms with Gasteiger partial charge in [-0.25, -0.2) is 4.98 Å². The number of likely N-dealkylation sites (tertiary alicyclic amines) is 1. The summed E-state index contributed by atoms with van der Waals surface area (Å²) < 4.78 is 2.07. The van der Waals surface area contributed by atoms with Gasteiger partial charge in [0.1, 0.15) is 5.82 Å². The van der Waals surface area contributed by atoms with Gasteiger partial charge in [0.25, 0.3) is 5.91 Å². The normalized spacial score (nSPS) is 13.6. The molecule has 158 valence electrons. The van der Waals surface area contributed by atoms with E-state index >= 15 is 0 Å². The van der Waals surface area contributed by atoms with Crippen LogP contribution in [0.1, 0.15) is 45.7 Å². The van der Waals surface area contributed by atoms with Gasteiger partial charge in [-0.15, -0.1) is 0 Å². The highest BCUT2D eigenvalue weighted by molar-refractivity contribution is 6.01. The Morgan fingerprint density at radius 3 is 2.35 bits per heavy atom. The smallest absolute Gasteiger partial charge is 0.251 e. The summed E-state index contributed by atoms with van der Waals surface area (Å²) in [5.41, 5.74) is 3.52. The number of benzene rings is 2. The lowest BCUT2D eigenvalue weighted by Crippen LogP contribution is -2.28. The molecule has 3 amide bonds. The molecule has 2 heterocycles. The van der Waals surface area contributed by atoms with Crippen molar-refractivity contribution < 1.29 is 14.4 Å². The lowest BCUT2D eigenvalue weighted by molar-refractivity contribution is -0.139. The van der Waals surface area contributed by atoms with Crippen LogP contribution in [-0.4, -0.2) is 32.2 Å². The van der Waals surface area contributed by atoms with E-state index in [9.17, 15) is 14.4 Å². The van der Waals surface area contributed by atoms with Crippen LogP contribution in [0.2, 0.25) is 0 Å². The van der Waals surface area contributed by atoms with Crippen molar-refractivity contribution in [2.75, 3.05) is 0 Å². The molecule has 7 nitrogen and oxygen atoms in total. The molecule has 1 aromatic heterocycles. The first-order valence-electron chi connectivity index (χ1n) is 10.3. The van der Waals surface area contributed by atoms with E-state index in [1.54, 1.807) is 30.5 Å². The van der Waals surface area contributed by atoms with Crippen molar-refractivity contribution in [1.82, 2.24) is 19.8 Å². The number of carbonyl (C=O) groups excluding carboxylic acids is 3. The molecule has 1 aliphatic rings. The molecule has 0 radical (unpaired) electrons. The van der Waals surface area contributed by atoms with E-state index < -0.39 is 0 Å². The van der Waals surface area contributed by atoms with Crippen LogP contribution in [0.3, 0.4) is 0 Å². The number of hydrogen-bond donors (Lipinski definition) is 1. The third-order valence-corrected chi connectivity index (χ3v) is 5.43. The summed E-state index contributed by atoms with van der Waals surface area (Å²) in [6, 6.07) is 15.1. The highest BCUT2D eigenvalue weighted by atomic mass is 16.2. The fraction of sp³-hybridized carbons (Fsp3) is 0.250. The van der Waals surface area contributed by atoms with Crippen molar-refractivity contribution >= 4 is 17.7 Å². The molecule has 1 aliphatic heterocycles. The summed E-state index contributed by atoms with van der Waals surface area (Å²) in [6.07, 6.45) is 4.29. The number of aromatic nitrogens is 2. The van der Waals surface area contributed by atoms with Crippen LogP contribution in [0.4, 0.5) is 0 Å². The van der Waals surface area contributed by atoms with Gasteiger partial charge in [0.15, 0.2) is 0 Å². The second-order valence-electron chi connectivity index (χ2n) is 7.68. The zero-order valence-corrected chi connectivity index (χ0v) is 17.4. The van der Waals surface area contributed by atoms with Gasteiger partial charge in [0, 0.05) is 43.9 Å². The molecule has 4 rings (SSSR count). The zero-order chi connectivity index (χ0) is 21.8. The number of nitrogens with one attached hydrogen (secondary N) is 1. The summed E-state index contributed by atoms with van der Waals surface area (Å²) in [5, 5.41) is 2.94. The Morgan fingerprint density at radius 2 is 1.68 bits per heavy atom. The first-order valence-corrected chi connectivity index (χ1v) is 10.3. The SMILES string of the molecule is Cc1nccn1Cc1cccc(CNC(=O)c2ccc(CN3C(=O)CCC3=O)cc2)c1. The second kappa shape index (κ2) is 8.95. The van der Waals surface area contributed by atoms with Crippen molar-refractivity contribution in [2.24, 2.45) is 0 Å². The van der Waals surface area contributed by atoms with Gasteiger partial charge in [0.05, 0.1) is 6.54 Å². The van der Waals surface area contributed by atoms with E-state index in [1.807, 2.05) is 25.3 Å². The Morgan fingerprint density at radius 1 is 0.968 bits per heavy atom. The number of rotatable bonds is 7. The molecule has 0 saturated carbocycles.